The summed E-state index contributed by atoms with van der Waals surface area (Å²) >= 11 is 0. The lowest BCUT2D eigenvalue weighted by Gasteiger charge is -2.11. The highest BCUT2D eigenvalue weighted by atomic mass is 15.1. The molecule has 0 aliphatic carbocycles. The van der Waals surface area contributed by atoms with Gasteiger partial charge in [-0.3, -0.25) is 0 Å². The predicted octanol–water partition coefficient (Wildman–Crippen LogP) is 3.58. The van der Waals surface area contributed by atoms with Crippen LogP contribution in [-0.4, -0.2) is 16.1 Å². The van der Waals surface area contributed by atoms with Crippen molar-refractivity contribution in [1.82, 2.24) is 14.9 Å². The lowest BCUT2D eigenvalue weighted by molar-refractivity contribution is 0.487. The molecule has 0 aliphatic rings. The summed E-state index contributed by atoms with van der Waals surface area (Å²) in [5, 5.41) is 3.53. The van der Waals surface area contributed by atoms with Crippen molar-refractivity contribution in [1.29, 1.82) is 0 Å². The summed E-state index contributed by atoms with van der Waals surface area (Å²) in [6.45, 7) is 9.69. The average molecular weight is 259 g/mol. The highest BCUT2D eigenvalue weighted by molar-refractivity contribution is 5.75. The fourth-order valence-corrected chi connectivity index (χ4v) is 2.31. The summed E-state index contributed by atoms with van der Waals surface area (Å²) in [7, 11) is 0. The molecule has 1 heterocycles. The fraction of sp³-hybridized carbons (Fsp3) is 0.562. The van der Waals surface area contributed by atoms with Gasteiger partial charge in [0.2, 0.25) is 0 Å². The second kappa shape index (κ2) is 6.71. The molecule has 1 N–H and O–H groups in total. The maximum Gasteiger partial charge on any atom is 0.123 e. The minimum Gasteiger partial charge on any atom is -0.327 e. The minimum absolute atomic E-state index is 0.726. The van der Waals surface area contributed by atoms with Crippen LogP contribution in [0.2, 0.25) is 0 Å². The van der Waals surface area contributed by atoms with E-state index in [0.717, 1.165) is 43.3 Å². The van der Waals surface area contributed by atoms with Crippen molar-refractivity contribution >= 4 is 11.0 Å². The molecule has 19 heavy (non-hydrogen) atoms. The standard InChI is InChI=1S/C16H25N3/c1-4-10-19-15-9-7-6-8-14(15)18-16(19)12-17-11-13(3)5-2/h6-9,13,17H,4-5,10-12H2,1-3H3. The molecule has 0 bridgehead atoms. The van der Waals surface area contributed by atoms with Crippen molar-refractivity contribution in [3.63, 3.8) is 0 Å². The first-order chi connectivity index (χ1) is 9.26. The van der Waals surface area contributed by atoms with Crippen molar-refractivity contribution in [3.8, 4) is 0 Å². The van der Waals surface area contributed by atoms with Gasteiger partial charge in [0.15, 0.2) is 0 Å². The SMILES string of the molecule is CCCn1c(CNCC(C)CC)nc2ccccc21. The number of fused-ring (bicyclic) bond motifs is 1. The van der Waals surface area contributed by atoms with E-state index in [2.05, 4.69) is 54.9 Å². The van der Waals surface area contributed by atoms with Crippen molar-refractivity contribution < 1.29 is 0 Å². The number of nitrogens with one attached hydrogen (secondary N) is 1. The molecular weight excluding hydrogens is 234 g/mol. The molecule has 0 saturated carbocycles. The van der Waals surface area contributed by atoms with Gasteiger partial charge in [0.05, 0.1) is 17.6 Å². The Balaban J connectivity index is 2.14. The first kappa shape index (κ1) is 14.1. The number of aromatic nitrogens is 2. The molecular formula is C16H25N3. The van der Waals surface area contributed by atoms with Gasteiger partial charge in [-0.05, 0) is 31.0 Å². The molecule has 0 aliphatic heterocycles. The lowest BCUT2D eigenvalue weighted by atomic mass is 10.1. The van der Waals surface area contributed by atoms with E-state index in [-0.39, 0.29) is 0 Å². The van der Waals surface area contributed by atoms with E-state index in [4.69, 9.17) is 4.98 Å². The van der Waals surface area contributed by atoms with Crippen LogP contribution in [0, 0.1) is 5.92 Å². The number of rotatable bonds is 7. The molecule has 1 aromatic carbocycles. The zero-order valence-corrected chi connectivity index (χ0v) is 12.3. The molecule has 2 rings (SSSR count). The number of hydrogen-bond acceptors (Lipinski definition) is 2. The summed E-state index contributed by atoms with van der Waals surface area (Å²) in [6.07, 6.45) is 2.36. The molecule has 1 aromatic heterocycles. The Kier molecular flexibility index (Phi) is 4.97. The third-order valence-corrected chi connectivity index (χ3v) is 3.65. The van der Waals surface area contributed by atoms with E-state index in [0.29, 0.717) is 0 Å². The van der Waals surface area contributed by atoms with Crippen molar-refractivity contribution in [2.75, 3.05) is 6.54 Å². The molecule has 104 valence electrons. The van der Waals surface area contributed by atoms with Crippen LogP contribution in [0.1, 0.15) is 39.4 Å². The van der Waals surface area contributed by atoms with Crippen molar-refractivity contribution in [2.45, 2.75) is 46.7 Å². The summed E-state index contributed by atoms with van der Waals surface area (Å²) in [5.74, 6) is 1.88. The van der Waals surface area contributed by atoms with Crippen LogP contribution in [0.5, 0.6) is 0 Å². The maximum absolute atomic E-state index is 4.75. The van der Waals surface area contributed by atoms with Gasteiger partial charge in [0.1, 0.15) is 5.82 Å². The summed E-state index contributed by atoms with van der Waals surface area (Å²) in [5.41, 5.74) is 2.36. The zero-order chi connectivity index (χ0) is 13.7. The second-order valence-electron chi connectivity index (χ2n) is 5.31. The Morgan fingerprint density at radius 1 is 1.26 bits per heavy atom. The third kappa shape index (κ3) is 3.35. The van der Waals surface area contributed by atoms with E-state index < -0.39 is 0 Å². The first-order valence-electron chi connectivity index (χ1n) is 7.41. The molecule has 2 aromatic rings. The topological polar surface area (TPSA) is 29.9 Å². The maximum atomic E-state index is 4.75. The Bertz CT molecular complexity index is 516. The van der Waals surface area contributed by atoms with E-state index in [1.165, 1.54) is 11.9 Å². The second-order valence-corrected chi connectivity index (χ2v) is 5.31. The molecule has 3 nitrogen and oxygen atoms in total. The number of hydrogen-bond donors (Lipinski definition) is 1. The Labute approximate surface area is 116 Å². The van der Waals surface area contributed by atoms with Crippen molar-refractivity contribution in [2.24, 2.45) is 5.92 Å². The quantitative estimate of drug-likeness (QED) is 0.823. The summed E-state index contributed by atoms with van der Waals surface area (Å²) in [6, 6.07) is 8.41. The Hall–Kier alpha value is -1.35. The Morgan fingerprint density at radius 3 is 2.79 bits per heavy atom. The van der Waals surface area contributed by atoms with Gasteiger partial charge in [-0.2, -0.15) is 0 Å². The largest absolute Gasteiger partial charge is 0.327 e. The van der Waals surface area contributed by atoms with Crippen LogP contribution < -0.4 is 5.32 Å². The predicted molar refractivity (Wildman–Crippen MR) is 81.2 cm³/mol. The number of imidazole rings is 1. The van der Waals surface area contributed by atoms with Gasteiger partial charge in [0.25, 0.3) is 0 Å². The molecule has 0 fully saturated rings. The van der Waals surface area contributed by atoms with Crippen LogP contribution in [-0.2, 0) is 13.1 Å². The van der Waals surface area contributed by atoms with E-state index in [1.54, 1.807) is 0 Å². The normalized spacial score (nSPS) is 13.0. The summed E-state index contributed by atoms with van der Waals surface area (Å²) < 4.78 is 2.35. The van der Waals surface area contributed by atoms with Gasteiger partial charge in [-0.1, -0.05) is 39.3 Å². The molecule has 1 atom stereocenters. The fourth-order valence-electron chi connectivity index (χ4n) is 2.31. The van der Waals surface area contributed by atoms with Gasteiger partial charge in [-0.15, -0.1) is 0 Å². The molecule has 3 heteroatoms. The number of nitrogens with zero attached hydrogens (tertiary/aromatic N) is 2. The third-order valence-electron chi connectivity index (χ3n) is 3.65. The van der Waals surface area contributed by atoms with Crippen LogP contribution in [0.15, 0.2) is 24.3 Å². The van der Waals surface area contributed by atoms with Crippen LogP contribution in [0.4, 0.5) is 0 Å². The summed E-state index contributed by atoms with van der Waals surface area (Å²) in [4.78, 5) is 4.75. The first-order valence-corrected chi connectivity index (χ1v) is 7.41. The van der Waals surface area contributed by atoms with E-state index in [1.807, 2.05) is 0 Å². The van der Waals surface area contributed by atoms with Gasteiger partial charge in [0, 0.05) is 6.54 Å². The van der Waals surface area contributed by atoms with Gasteiger partial charge < -0.3 is 9.88 Å². The lowest BCUT2D eigenvalue weighted by Crippen LogP contribution is -2.22. The monoisotopic (exact) mass is 259 g/mol. The van der Waals surface area contributed by atoms with E-state index in [9.17, 15) is 0 Å². The zero-order valence-electron chi connectivity index (χ0n) is 12.3. The molecule has 1 unspecified atom stereocenters. The highest BCUT2D eigenvalue weighted by Crippen LogP contribution is 2.16. The highest BCUT2D eigenvalue weighted by Gasteiger charge is 2.09. The van der Waals surface area contributed by atoms with Crippen LogP contribution in [0.25, 0.3) is 11.0 Å². The molecule has 0 spiro atoms. The number of aryl methyl sites for hydroxylation is 1. The van der Waals surface area contributed by atoms with Crippen molar-refractivity contribution in [3.05, 3.63) is 30.1 Å². The Morgan fingerprint density at radius 2 is 2.05 bits per heavy atom. The molecule has 0 saturated heterocycles. The van der Waals surface area contributed by atoms with Crippen LogP contribution >= 0.6 is 0 Å². The van der Waals surface area contributed by atoms with Gasteiger partial charge >= 0.3 is 0 Å². The number of benzene rings is 1. The minimum atomic E-state index is 0.726. The number of para-hydroxylation sites is 2. The van der Waals surface area contributed by atoms with E-state index >= 15 is 0 Å². The average Bonchev–Trinajstić information content (AvgIpc) is 2.77. The molecule has 0 amide bonds. The smallest absolute Gasteiger partial charge is 0.123 e. The molecule has 0 radical (unpaired) electrons. The van der Waals surface area contributed by atoms with Gasteiger partial charge in [-0.25, -0.2) is 4.98 Å². The van der Waals surface area contributed by atoms with Crippen LogP contribution in [0.3, 0.4) is 0 Å².